The molecule has 0 unspecified atom stereocenters. The number of nitro groups is 1. The maximum atomic E-state index is 12.0. The van der Waals surface area contributed by atoms with Gasteiger partial charge in [0.1, 0.15) is 17.2 Å². The molecule has 2 N–H and O–H groups in total. The maximum Gasteiger partial charge on any atom is 0.312 e. The van der Waals surface area contributed by atoms with Crippen molar-refractivity contribution in [3.05, 3.63) is 51.6 Å². The topological polar surface area (TPSA) is 119 Å². The number of nitrogens with zero attached hydrogens (tertiary/aromatic N) is 4. The molecule has 1 amide bonds. The summed E-state index contributed by atoms with van der Waals surface area (Å²) in [6.07, 6.45) is 1.53. The number of hydrogen-bond donors (Lipinski definition) is 2. The molecule has 3 rings (SSSR count). The summed E-state index contributed by atoms with van der Waals surface area (Å²) < 4.78 is 1.59. The average Bonchev–Trinajstić information content (AvgIpc) is 3.15. The Labute approximate surface area is 155 Å². The van der Waals surface area contributed by atoms with E-state index in [-0.39, 0.29) is 11.6 Å². The molecule has 3 aromatic rings. The number of carbonyl (C=O) groups excluding carboxylic acids is 1. The van der Waals surface area contributed by atoms with Crippen LogP contribution < -0.4 is 5.32 Å². The number of benzene rings is 1. The Kier molecular flexibility index (Phi) is 5.49. The molecule has 0 aliphatic heterocycles. The van der Waals surface area contributed by atoms with Gasteiger partial charge in [-0.25, -0.2) is 4.98 Å². The molecule has 27 heavy (non-hydrogen) atoms. The van der Waals surface area contributed by atoms with Crippen LogP contribution >= 0.6 is 0 Å². The minimum atomic E-state index is -0.418. The number of para-hydroxylation sites is 2. The maximum absolute atomic E-state index is 12.0. The summed E-state index contributed by atoms with van der Waals surface area (Å²) in [5, 5.41) is 18.1. The van der Waals surface area contributed by atoms with Gasteiger partial charge in [0.05, 0.1) is 16.0 Å². The van der Waals surface area contributed by atoms with E-state index in [0.29, 0.717) is 43.7 Å². The highest BCUT2D eigenvalue weighted by atomic mass is 16.6. The molecule has 0 radical (unpaired) electrons. The van der Waals surface area contributed by atoms with Crippen molar-refractivity contribution in [1.82, 2.24) is 25.1 Å². The van der Waals surface area contributed by atoms with Gasteiger partial charge in [-0.2, -0.15) is 5.10 Å². The first-order valence-electron chi connectivity index (χ1n) is 8.84. The molecule has 0 atom stereocenters. The van der Waals surface area contributed by atoms with E-state index in [1.54, 1.807) is 18.5 Å². The lowest BCUT2D eigenvalue weighted by molar-refractivity contribution is -0.386. The van der Waals surface area contributed by atoms with Gasteiger partial charge >= 0.3 is 5.69 Å². The zero-order valence-electron chi connectivity index (χ0n) is 15.4. The van der Waals surface area contributed by atoms with Crippen LogP contribution in [0.1, 0.15) is 30.1 Å². The first-order valence-corrected chi connectivity index (χ1v) is 8.84. The molecule has 9 nitrogen and oxygen atoms in total. The zero-order valence-corrected chi connectivity index (χ0v) is 15.4. The third-order valence-corrected chi connectivity index (χ3v) is 4.42. The van der Waals surface area contributed by atoms with Crippen LogP contribution in [0.4, 0.5) is 5.69 Å². The highest BCUT2D eigenvalue weighted by Gasteiger charge is 2.21. The van der Waals surface area contributed by atoms with Gasteiger partial charge in [-0.1, -0.05) is 12.1 Å². The van der Waals surface area contributed by atoms with Crippen LogP contribution in [0.5, 0.6) is 0 Å². The number of aromatic nitrogens is 4. The van der Waals surface area contributed by atoms with Crippen LogP contribution in [-0.4, -0.2) is 37.1 Å². The lowest BCUT2D eigenvalue weighted by atomic mass is 10.2. The highest BCUT2D eigenvalue weighted by molar-refractivity contribution is 5.76. The number of amides is 1. The first kappa shape index (κ1) is 18.6. The molecule has 0 saturated carbocycles. The minimum Gasteiger partial charge on any atom is -0.356 e. The number of imidazole rings is 1. The van der Waals surface area contributed by atoms with Crippen LogP contribution in [0.3, 0.4) is 0 Å². The van der Waals surface area contributed by atoms with E-state index < -0.39 is 4.92 Å². The minimum absolute atomic E-state index is 0.0466. The fraction of sp³-hybridized carbons (Fsp3) is 0.389. The molecule has 0 aliphatic carbocycles. The van der Waals surface area contributed by atoms with Gasteiger partial charge in [0, 0.05) is 25.9 Å². The Hall–Kier alpha value is -3.23. The smallest absolute Gasteiger partial charge is 0.312 e. The molecule has 0 saturated heterocycles. The van der Waals surface area contributed by atoms with Crippen molar-refractivity contribution in [2.24, 2.45) is 0 Å². The van der Waals surface area contributed by atoms with E-state index in [4.69, 9.17) is 0 Å². The Morgan fingerprint density at radius 3 is 2.81 bits per heavy atom. The quantitative estimate of drug-likeness (QED) is 0.466. The van der Waals surface area contributed by atoms with Crippen LogP contribution in [0.25, 0.3) is 11.0 Å². The first-order chi connectivity index (χ1) is 13.0. The van der Waals surface area contributed by atoms with E-state index in [1.807, 2.05) is 24.3 Å². The molecule has 0 spiro atoms. The van der Waals surface area contributed by atoms with Gasteiger partial charge in [-0.15, -0.1) is 0 Å². The Morgan fingerprint density at radius 1 is 1.33 bits per heavy atom. The van der Waals surface area contributed by atoms with E-state index in [0.717, 1.165) is 16.9 Å². The SMILES string of the molecule is Cc1nn(CCCC(=O)NCCc2nc3ccccc3[nH]2)c(C)c1[N+](=O)[O-]. The van der Waals surface area contributed by atoms with Gasteiger partial charge in [-0.3, -0.25) is 19.6 Å². The molecule has 0 fully saturated rings. The summed E-state index contributed by atoms with van der Waals surface area (Å²) in [5.41, 5.74) is 2.86. The van der Waals surface area contributed by atoms with Gasteiger partial charge in [0.25, 0.3) is 0 Å². The van der Waals surface area contributed by atoms with Crippen LogP contribution in [-0.2, 0) is 17.8 Å². The lowest BCUT2D eigenvalue weighted by Gasteiger charge is -2.05. The van der Waals surface area contributed by atoms with Crippen molar-refractivity contribution in [2.75, 3.05) is 6.54 Å². The molecule has 2 heterocycles. The van der Waals surface area contributed by atoms with Crippen molar-refractivity contribution in [3.8, 4) is 0 Å². The largest absolute Gasteiger partial charge is 0.356 e. The third kappa shape index (κ3) is 4.30. The predicted octanol–water partition coefficient (Wildman–Crippen LogP) is 2.42. The second-order valence-electron chi connectivity index (χ2n) is 6.40. The Balaban J connectivity index is 1.42. The second kappa shape index (κ2) is 7.98. The second-order valence-corrected chi connectivity index (χ2v) is 6.40. The summed E-state index contributed by atoms with van der Waals surface area (Å²) >= 11 is 0. The zero-order chi connectivity index (χ0) is 19.4. The number of rotatable bonds is 8. The normalized spacial score (nSPS) is 11.0. The van der Waals surface area contributed by atoms with E-state index in [2.05, 4.69) is 20.4 Å². The monoisotopic (exact) mass is 370 g/mol. The standard InChI is InChI=1S/C18H22N6O3/c1-12-18(24(26)27)13(2)23(22-12)11-5-8-17(25)19-10-9-16-20-14-6-3-4-7-15(14)21-16/h3-4,6-7H,5,8-11H2,1-2H3,(H,19,25)(H,20,21). The summed E-state index contributed by atoms with van der Waals surface area (Å²) in [7, 11) is 0. The van der Waals surface area contributed by atoms with Gasteiger partial charge in [0.15, 0.2) is 0 Å². The van der Waals surface area contributed by atoms with Gasteiger partial charge in [0.2, 0.25) is 5.91 Å². The van der Waals surface area contributed by atoms with Crippen molar-refractivity contribution >= 4 is 22.6 Å². The fourth-order valence-electron chi connectivity index (χ4n) is 3.09. The number of aromatic amines is 1. The molecule has 2 aromatic heterocycles. The molecule has 142 valence electrons. The number of fused-ring (bicyclic) bond motifs is 1. The van der Waals surface area contributed by atoms with E-state index in [9.17, 15) is 14.9 Å². The van der Waals surface area contributed by atoms with Crippen molar-refractivity contribution in [1.29, 1.82) is 0 Å². The van der Waals surface area contributed by atoms with Crippen LogP contribution in [0, 0.1) is 24.0 Å². The van der Waals surface area contributed by atoms with Crippen LogP contribution in [0.2, 0.25) is 0 Å². The van der Waals surface area contributed by atoms with Crippen molar-refractivity contribution in [2.45, 2.75) is 39.7 Å². The molecular weight excluding hydrogens is 348 g/mol. The Bertz CT molecular complexity index is 942. The Morgan fingerprint density at radius 2 is 2.11 bits per heavy atom. The molecular formula is C18H22N6O3. The average molecular weight is 370 g/mol. The number of hydrogen-bond acceptors (Lipinski definition) is 5. The number of nitrogens with one attached hydrogen (secondary N) is 2. The highest BCUT2D eigenvalue weighted by Crippen LogP contribution is 2.22. The van der Waals surface area contributed by atoms with Crippen LogP contribution in [0.15, 0.2) is 24.3 Å². The molecule has 0 bridgehead atoms. The number of aryl methyl sites for hydroxylation is 2. The van der Waals surface area contributed by atoms with E-state index >= 15 is 0 Å². The summed E-state index contributed by atoms with van der Waals surface area (Å²) in [6, 6.07) is 7.79. The summed E-state index contributed by atoms with van der Waals surface area (Å²) in [4.78, 5) is 30.3. The molecule has 9 heteroatoms. The molecule has 1 aromatic carbocycles. The molecule has 0 aliphatic rings. The van der Waals surface area contributed by atoms with Gasteiger partial charge < -0.3 is 10.3 Å². The summed E-state index contributed by atoms with van der Waals surface area (Å²) in [5.74, 6) is 0.786. The number of carbonyl (C=O) groups is 1. The fourth-order valence-corrected chi connectivity index (χ4v) is 3.09. The number of H-pyrrole nitrogens is 1. The van der Waals surface area contributed by atoms with Gasteiger partial charge in [-0.05, 0) is 32.4 Å². The third-order valence-electron chi connectivity index (χ3n) is 4.42. The van der Waals surface area contributed by atoms with Crippen molar-refractivity contribution in [3.63, 3.8) is 0 Å². The van der Waals surface area contributed by atoms with E-state index in [1.165, 1.54) is 0 Å². The lowest BCUT2D eigenvalue weighted by Crippen LogP contribution is -2.26. The van der Waals surface area contributed by atoms with Crippen molar-refractivity contribution < 1.29 is 9.72 Å². The predicted molar refractivity (Wildman–Crippen MR) is 100 cm³/mol. The summed E-state index contributed by atoms with van der Waals surface area (Å²) in [6.45, 7) is 4.26.